The molecule has 1 rings (SSSR count). The van der Waals surface area contributed by atoms with E-state index in [4.69, 9.17) is 0 Å². The average molecular weight is 340 g/mol. The summed E-state index contributed by atoms with van der Waals surface area (Å²) in [6.45, 7) is 3.79. The summed E-state index contributed by atoms with van der Waals surface area (Å²) in [6, 6.07) is 7.56. The monoisotopic (exact) mass is 340 g/mol. The van der Waals surface area contributed by atoms with Gasteiger partial charge in [-0.1, -0.05) is 37.6 Å². The van der Waals surface area contributed by atoms with Crippen LogP contribution in [0, 0.1) is 0 Å². The highest BCUT2D eigenvalue weighted by Gasteiger charge is 2.08. The summed E-state index contributed by atoms with van der Waals surface area (Å²) in [5.74, 6) is 0.860. The van der Waals surface area contributed by atoms with Gasteiger partial charge in [0, 0.05) is 27.2 Å². The van der Waals surface area contributed by atoms with Gasteiger partial charge in [0.15, 0.2) is 5.96 Å². The number of nitrogens with zero attached hydrogens (tertiary/aromatic N) is 2. The number of guanidine groups is 1. The number of aliphatic imine (C=N–C) groups is 1. The SMILES string of the molecule is CCCCN(C)C(=NC)NCc1ccc(CS(=O)(=O)NC)cc1. The molecule has 2 N–H and O–H groups in total. The minimum absolute atomic E-state index is 0.00136. The molecule has 0 radical (unpaired) electrons. The molecule has 0 fully saturated rings. The summed E-state index contributed by atoms with van der Waals surface area (Å²) in [4.78, 5) is 6.39. The predicted octanol–water partition coefficient (Wildman–Crippen LogP) is 1.54. The quantitative estimate of drug-likeness (QED) is 0.556. The lowest BCUT2D eigenvalue weighted by atomic mass is 10.1. The Balaban J connectivity index is 2.58. The first-order chi connectivity index (χ1) is 10.9. The zero-order valence-electron chi connectivity index (χ0n) is 14.5. The van der Waals surface area contributed by atoms with Gasteiger partial charge in [-0.3, -0.25) is 4.99 Å². The molecule has 130 valence electrons. The van der Waals surface area contributed by atoms with Crippen molar-refractivity contribution in [2.75, 3.05) is 27.7 Å². The highest BCUT2D eigenvalue weighted by atomic mass is 32.2. The topological polar surface area (TPSA) is 73.8 Å². The lowest BCUT2D eigenvalue weighted by molar-refractivity contribution is 0.464. The molecule has 1 aromatic rings. The van der Waals surface area contributed by atoms with Gasteiger partial charge >= 0.3 is 0 Å². The van der Waals surface area contributed by atoms with Crippen molar-refractivity contribution >= 4 is 16.0 Å². The molecule has 0 aliphatic heterocycles. The molecule has 23 heavy (non-hydrogen) atoms. The van der Waals surface area contributed by atoms with E-state index in [0.717, 1.165) is 36.5 Å². The molecule has 0 saturated heterocycles. The van der Waals surface area contributed by atoms with Crippen LogP contribution in [0.15, 0.2) is 29.3 Å². The van der Waals surface area contributed by atoms with Crippen LogP contribution in [0.5, 0.6) is 0 Å². The molecule has 0 bridgehead atoms. The van der Waals surface area contributed by atoms with Crippen LogP contribution in [-0.2, 0) is 22.3 Å². The Morgan fingerprint density at radius 2 is 1.83 bits per heavy atom. The van der Waals surface area contributed by atoms with Crippen molar-refractivity contribution in [1.82, 2.24) is 14.9 Å². The van der Waals surface area contributed by atoms with Gasteiger partial charge in [0.05, 0.1) is 5.75 Å². The maximum atomic E-state index is 11.5. The molecule has 6 nitrogen and oxygen atoms in total. The minimum atomic E-state index is -3.23. The van der Waals surface area contributed by atoms with Gasteiger partial charge in [0.2, 0.25) is 10.0 Å². The van der Waals surface area contributed by atoms with E-state index in [0.29, 0.717) is 6.54 Å². The van der Waals surface area contributed by atoms with E-state index in [1.807, 2.05) is 31.3 Å². The molecule has 0 spiro atoms. The minimum Gasteiger partial charge on any atom is -0.352 e. The number of rotatable bonds is 8. The molecular formula is C16H28N4O2S. The summed E-state index contributed by atoms with van der Waals surface area (Å²) in [7, 11) is 2.00. The summed E-state index contributed by atoms with van der Waals surface area (Å²) in [5, 5.41) is 3.32. The Bertz CT molecular complexity index is 597. The Labute approximate surface area is 140 Å². The van der Waals surface area contributed by atoms with E-state index in [-0.39, 0.29) is 5.75 Å². The summed E-state index contributed by atoms with van der Waals surface area (Å²) in [5.41, 5.74) is 1.85. The van der Waals surface area contributed by atoms with Crippen molar-refractivity contribution in [2.24, 2.45) is 4.99 Å². The normalized spacial score (nSPS) is 12.3. The summed E-state index contributed by atoms with van der Waals surface area (Å²) < 4.78 is 25.4. The Kier molecular flexibility index (Phi) is 8.05. The van der Waals surface area contributed by atoms with Crippen molar-refractivity contribution in [3.63, 3.8) is 0 Å². The molecule has 0 aliphatic carbocycles. The molecule has 7 heteroatoms. The Morgan fingerprint density at radius 3 is 2.35 bits per heavy atom. The van der Waals surface area contributed by atoms with Gasteiger partial charge in [0.1, 0.15) is 0 Å². The second-order valence-corrected chi connectivity index (χ2v) is 7.38. The van der Waals surface area contributed by atoms with E-state index in [2.05, 4.69) is 26.9 Å². The lowest BCUT2D eigenvalue weighted by Gasteiger charge is -2.21. The third-order valence-corrected chi connectivity index (χ3v) is 4.90. The van der Waals surface area contributed by atoms with E-state index in [1.54, 1.807) is 7.05 Å². The number of benzene rings is 1. The molecule has 0 heterocycles. The Morgan fingerprint density at radius 1 is 1.22 bits per heavy atom. The third-order valence-electron chi connectivity index (χ3n) is 3.56. The molecule has 0 unspecified atom stereocenters. The fourth-order valence-electron chi connectivity index (χ4n) is 2.11. The number of unbranched alkanes of at least 4 members (excludes halogenated alkanes) is 1. The molecule has 0 atom stereocenters. The number of sulfonamides is 1. The molecule has 0 amide bonds. The fraction of sp³-hybridized carbons (Fsp3) is 0.562. The van der Waals surface area contributed by atoms with E-state index >= 15 is 0 Å². The fourth-order valence-corrected chi connectivity index (χ4v) is 2.89. The van der Waals surface area contributed by atoms with Gasteiger partial charge in [-0.05, 0) is 24.6 Å². The van der Waals surface area contributed by atoms with Crippen LogP contribution in [0.25, 0.3) is 0 Å². The molecule has 0 aliphatic rings. The highest BCUT2D eigenvalue weighted by molar-refractivity contribution is 7.88. The first kappa shape index (κ1) is 19.4. The second-order valence-electron chi connectivity index (χ2n) is 5.46. The van der Waals surface area contributed by atoms with Crippen molar-refractivity contribution in [2.45, 2.75) is 32.1 Å². The van der Waals surface area contributed by atoms with Crippen LogP contribution in [0.3, 0.4) is 0 Å². The van der Waals surface area contributed by atoms with Crippen molar-refractivity contribution < 1.29 is 8.42 Å². The van der Waals surface area contributed by atoms with Crippen LogP contribution in [0.2, 0.25) is 0 Å². The number of hydrogen-bond donors (Lipinski definition) is 2. The smallest absolute Gasteiger partial charge is 0.215 e. The van der Waals surface area contributed by atoms with E-state index in [1.165, 1.54) is 7.05 Å². The first-order valence-electron chi connectivity index (χ1n) is 7.82. The van der Waals surface area contributed by atoms with Crippen LogP contribution in [-0.4, -0.2) is 47.0 Å². The zero-order valence-corrected chi connectivity index (χ0v) is 15.3. The summed E-state index contributed by atoms with van der Waals surface area (Å²) >= 11 is 0. The first-order valence-corrected chi connectivity index (χ1v) is 9.48. The Hall–Kier alpha value is -1.60. The molecule has 0 saturated carbocycles. The van der Waals surface area contributed by atoms with Crippen LogP contribution >= 0.6 is 0 Å². The van der Waals surface area contributed by atoms with E-state index < -0.39 is 10.0 Å². The van der Waals surface area contributed by atoms with Crippen LogP contribution in [0.4, 0.5) is 0 Å². The van der Waals surface area contributed by atoms with Crippen molar-refractivity contribution in [3.8, 4) is 0 Å². The lowest BCUT2D eigenvalue weighted by Crippen LogP contribution is -2.38. The molecule has 0 aromatic heterocycles. The third kappa shape index (κ3) is 7.00. The number of nitrogens with one attached hydrogen (secondary N) is 2. The average Bonchev–Trinajstić information content (AvgIpc) is 2.54. The van der Waals surface area contributed by atoms with Crippen LogP contribution in [0.1, 0.15) is 30.9 Å². The summed E-state index contributed by atoms with van der Waals surface area (Å²) in [6.07, 6.45) is 2.28. The molecule has 1 aromatic carbocycles. The number of hydrogen-bond acceptors (Lipinski definition) is 3. The van der Waals surface area contributed by atoms with Crippen LogP contribution < -0.4 is 10.0 Å². The van der Waals surface area contributed by atoms with Gasteiger partial charge in [-0.25, -0.2) is 13.1 Å². The zero-order chi connectivity index (χ0) is 17.3. The van der Waals surface area contributed by atoms with Gasteiger partial charge in [0.25, 0.3) is 0 Å². The predicted molar refractivity (Wildman–Crippen MR) is 95.9 cm³/mol. The van der Waals surface area contributed by atoms with Gasteiger partial charge in [-0.15, -0.1) is 0 Å². The second kappa shape index (κ2) is 9.52. The van der Waals surface area contributed by atoms with E-state index in [9.17, 15) is 8.42 Å². The maximum Gasteiger partial charge on any atom is 0.215 e. The highest BCUT2D eigenvalue weighted by Crippen LogP contribution is 2.08. The largest absolute Gasteiger partial charge is 0.352 e. The van der Waals surface area contributed by atoms with Crippen molar-refractivity contribution in [3.05, 3.63) is 35.4 Å². The van der Waals surface area contributed by atoms with Crippen molar-refractivity contribution in [1.29, 1.82) is 0 Å². The standard InChI is InChI=1S/C16H28N4O2S/c1-5-6-11-20(4)16(17-2)19-12-14-7-9-15(10-8-14)13-23(21,22)18-3/h7-10,18H,5-6,11-13H2,1-4H3,(H,17,19). The molecular weight excluding hydrogens is 312 g/mol. The van der Waals surface area contributed by atoms with Gasteiger partial charge < -0.3 is 10.2 Å². The maximum absolute atomic E-state index is 11.5. The van der Waals surface area contributed by atoms with Gasteiger partial charge in [-0.2, -0.15) is 0 Å².